The van der Waals surface area contributed by atoms with E-state index in [2.05, 4.69) is 62.0 Å². The molecule has 0 spiro atoms. The van der Waals surface area contributed by atoms with Crippen molar-refractivity contribution in [2.24, 2.45) is 5.92 Å². The van der Waals surface area contributed by atoms with E-state index < -0.39 is 12.1 Å². The number of carbonyl (C=O) groups is 2. The molecule has 2 aliphatic heterocycles. The zero-order valence-corrected chi connectivity index (χ0v) is 26.5. The van der Waals surface area contributed by atoms with Crippen LogP contribution in [0.2, 0.25) is 0 Å². The number of pyridine rings is 1. The quantitative estimate of drug-likeness (QED) is 0.166. The van der Waals surface area contributed by atoms with Gasteiger partial charge in [0.2, 0.25) is 5.91 Å². The Bertz CT molecular complexity index is 1890. The van der Waals surface area contributed by atoms with Crippen LogP contribution >= 0.6 is 0 Å². The number of rotatable bonds is 8. The molecule has 7 rings (SSSR count). The van der Waals surface area contributed by atoms with Gasteiger partial charge in [0.25, 0.3) is 0 Å². The minimum Gasteiger partial charge on any atom is -0.453 e. The van der Waals surface area contributed by atoms with E-state index in [4.69, 9.17) is 14.7 Å². The zero-order valence-electron chi connectivity index (χ0n) is 26.5. The van der Waals surface area contributed by atoms with Crippen LogP contribution in [0.15, 0.2) is 54.9 Å². The number of methoxy groups -OCH3 is 1. The van der Waals surface area contributed by atoms with E-state index in [0.717, 1.165) is 88.2 Å². The number of nitrogens with zero attached hydrogens (tertiary/aromatic N) is 4. The molecule has 4 N–H and O–H groups in total. The maximum absolute atomic E-state index is 13.7. The number of likely N-dealkylation sites (tertiary alicyclic amines) is 1. The van der Waals surface area contributed by atoms with Crippen LogP contribution in [0.1, 0.15) is 69.7 Å². The predicted octanol–water partition coefficient (Wildman–Crippen LogP) is 6.03. The van der Waals surface area contributed by atoms with Gasteiger partial charge in [-0.1, -0.05) is 44.5 Å². The van der Waals surface area contributed by atoms with E-state index in [1.807, 2.05) is 31.0 Å². The van der Waals surface area contributed by atoms with Gasteiger partial charge in [0.1, 0.15) is 23.2 Å². The highest BCUT2D eigenvalue weighted by Crippen LogP contribution is 2.34. The average Bonchev–Trinajstić information content (AvgIpc) is 3.91. The highest BCUT2D eigenvalue weighted by molar-refractivity contribution is 5.91. The van der Waals surface area contributed by atoms with Crippen molar-refractivity contribution in [3.63, 3.8) is 0 Å². The van der Waals surface area contributed by atoms with Crippen molar-refractivity contribution in [1.82, 2.24) is 40.5 Å². The molecular formula is C35H40N8O3. The molecule has 0 saturated carbocycles. The number of hydrogen-bond donors (Lipinski definition) is 4. The van der Waals surface area contributed by atoms with Crippen LogP contribution in [0.25, 0.3) is 44.3 Å². The van der Waals surface area contributed by atoms with E-state index in [1.165, 1.54) is 13.5 Å². The second kappa shape index (κ2) is 12.6. The summed E-state index contributed by atoms with van der Waals surface area (Å²) in [5.41, 5.74) is 5.60. The van der Waals surface area contributed by atoms with Crippen molar-refractivity contribution in [3.8, 4) is 22.5 Å². The first-order chi connectivity index (χ1) is 22.4. The Hall–Kier alpha value is -4.77. The lowest BCUT2D eigenvalue weighted by Gasteiger charge is -2.30. The summed E-state index contributed by atoms with van der Waals surface area (Å²) in [5.74, 6) is 1.59. The Kier molecular flexibility index (Phi) is 8.16. The molecule has 2 fully saturated rings. The molecule has 0 bridgehead atoms. The molecule has 0 radical (unpaired) electrons. The van der Waals surface area contributed by atoms with Gasteiger partial charge in [0, 0.05) is 17.7 Å². The van der Waals surface area contributed by atoms with Crippen LogP contribution < -0.4 is 10.6 Å². The van der Waals surface area contributed by atoms with Crippen molar-refractivity contribution >= 4 is 33.8 Å². The highest BCUT2D eigenvalue weighted by Gasteiger charge is 2.38. The molecular weight excluding hydrogens is 580 g/mol. The molecule has 2 aromatic carbocycles. The summed E-state index contributed by atoms with van der Waals surface area (Å²) in [6.45, 7) is 5.62. The number of amides is 2. The van der Waals surface area contributed by atoms with E-state index in [0.29, 0.717) is 12.6 Å². The average molecular weight is 621 g/mol. The van der Waals surface area contributed by atoms with Crippen molar-refractivity contribution in [3.05, 3.63) is 66.5 Å². The summed E-state index contributed by atoms with van der Waals surface area (Å²) in [6.07, 6.45) is 7.80. The molecule has 11 heteroatoms. The molecule has 46 heavy (non-hydrogen) atoms. The lowest BCUT2D eigenvalue weighted by molar-refractivity contribution is -0.135. The SMILES string of the molecule is CC[C@@H](C)[C@H](NC(=O)OC)C(=O)N1CCC[C@H]1c1nc2cnc(-c3ccc4cc(-c5cnc([C@@H]6CCCN6)[nH]5)ccc4c3)cc2[nH]1. The number of imidazole rings is 2. The van der Waals surface area contributed by atoms with Gasteiger partial charge >= 0.3 is 6.09 Å². The van der Waals surface area contributed by atoms with Gasteiger partial charge in [-0.2, -0.15) is 0 Å². The molecule has 0 aliphatic carbocycles. The Labute approximate surface area is 267 Å². The third-order valence-corrected chi connectivity index (χ3v) is 9.61. The number of aromatic amines is 2. The van der Waals surface area contributed by atoms with E-state index >= 15 is 0 Å². The Balaban J connectivity index is 1.11. The van der Waals surface area contributed by atoms with E-state index in [-0.39, 0.29) is 17.9 Å². The second-order valence-corrected chi connectivity index (χ2v) is 12.5. The Morgan fingerprint density at radius 1 is 1.00 bits per heavy atom. The number of fused-ring (bicyclic) bond motifs is 2. The topological polar surface area (TPSA) is 141 Å². The van der Waals surface area contributed by atoms with Gasteiger partial charge < -0.3 is 30.2 Å². The van der Waals surface area contributed by atoms with Crippen molar-refractivity contribution in [2.45, 2.75) is 64.1 Å². The van der Waals surface area contributed by atoms with Crippen LogP contribution in [-0.4, -0.2) is 68.1 Å². The second-order valence-electron chi connectivity index (χ2n) is 12.5. The molecule has 11 nitrogen and oxygen atoms in total. The van der Waals surface area contributed by atoms with Gasteiger partial charge in [-0.15, -0.1) is 0 Å². The third-order valence-electron chi connectivity index (χ3n) is 9.61. The molecule has 2 saturated heterocycles. The largest absolute Gasteiger partial charge is 0.453 e. The van der Waals surface area contributed by atoms with Gasteiger partial charge in [0.15, 0.2) is 0 Å². The molecule has 4 atom stereocenters. The summed E-state index contributed by atoms with van der Waals surface area (Å²) < 4.78 is 4.80. The zero-order chi connectivity index (χ0) is 31.8. The molecule has 0 unspecified atom stereocenters. The fourth-order valence-electron chi connectivity index (χ4n) is 6.76. The van der Waals surface area contributed by atoms with Crippen molar-refractivity contribution in [2.75, 3.05) is 20.2 Å². The van der Waals surface area contributed by atoms with Crippen molar-refractivity contribution in [1.29, 1.82) is 0 Å². The number of nitrogens with one attached hydrogen (secondary N) is 4. The first kappa shape index (κ1) is 29.9. The lowest BCUT2D eigenvalue weighted by Crippen LogP contribution is -2.51. The fourth-order valence-corrected chi connectivity index (χ4v) is 6.76. The Morgan fingerprint density at radius 3 is 2.57 bits per heavy atom. The number of hydrogen-bond acceptors (Lipinski definition) is 7. The number of carbonyl (C=O) groups excluding carboxylic acids is 2. The summed E-state index contributed by atoms with van der Waals surface area (Å²) in [6, 6.07) is 14.3. The molecule has 5 heterocycles. The smallest absolute Gasteiger partial charge is 0.407 e. The summed E-state index contributed by atoms with van der Waals surface area (Å²) in [4.78, 5) is 48.8. The number of aromatic nitrogens is 5. The number of benzene rings is 2. The normalized spacial score (nSPS) is 19.5. The highest BCUT2D eigenvalue weighted by atomic mass is 16.5. The summed E-state index contributed by atoms with van der Waals surface area (Å²) in [7, 11) is 1.31. The van der Waals surface area contributed by atoms with Crippen LogP contribution in [0.4, 0.5) is 4.79 Å². The Morgan fingerprint density at radius 2 is 1.80 bits per heavy atom. The predicted molar refractivity (Wildman–Crippen MR) is 177 cm³/mol. The number of alkyl carbamates (subject to hydrolysis) is 1. The first-order valence-corrected chi connectivity index (χ1v) is 16.2. The van der Waals surface area contributed by atoms with Crippen LogP contribution in [0.5, 0.6) is 0 Å². The van der Waals surface area contributed by atoms with Crippen molar-refractivity contribution < 1.29 is 14.3 Å². The minimum atomic E-state index is -0.661. The summed E-state index contributed by atoms with van der Waals surface area (Å²) in [5, 5.41) is 8.53. The lowest BCUT2D eigenvalue weighted by atomic mass is 9.97. The van der Waals surface area contributed by atoms with Crippen LogP contribution in [0, 0.1) is 5.92 Å². The monoisotopic (exact) mass is 620 g/mol. The number of ether oxygens (including phenoxy) is 1. The van der Waals surface area contributed by atoms with Gasteiger partial charge in [-0.25, -0.2) is 14.8 Å². The van der Waals surface area contributed by atoms with Crippen LogP contribution in [-0.2, 0) is 9.53 Å². The maximum atomic E-state index is 13.7. The molecule has 2 amide bonds. The van der Waals surface area contributed by atoms with Gasteiger partial charge in [0.05, 0.1) is 48.5 Å². The van der Waals surface area contributed by atoms with E-state index in [9.17, 15) is 9.59 Å². The fraction of sp³-hybridized carbons (Fsp3) is 0.400. The van der Waals surface area contributed by atoms with Gasteiger partial charge in [-0.3, -0.25) is 9.78 Å². The number of H-pyrrole nitrogens is 2. The van der Waals surface area contributed by atoms with Gasteiger partial charge in [-0.05, 0) is 67.1 Å². The standard InChI is InChI=1S/C35H40N8O3/c1-4-20(2)31(42-35(45)46-3)34(44)43-14-6-8-30(43)33-39-27-17-26(37-19-29(27)41-33)23-11-9-22-16-24(12-10-21(22)15-23)28-18-38-32(40-28)25-7-5-13-36-25/h9-12,15-20,25,30-31,36H,4-8,13-14H2,1-3H3,(H,38,40)(H,39,41)(H,42,45)/t20-,25+,30+,31+/m1/s1. The minimum absolute atomic E-state index is 0.0405. The first-order valence-electron chi connectivity index (χ1n) is 16.2. The third kappa shape index (κ3) is 5.71. The maximum Gasteiger partial charge on any atom is 0.407 e. The molecule has 238 valence electrons. The van der Waals surface area contributed by atoms with Crippen LogP contribution in [0.3, 0.4) is 0 Å². The molecule has 3 aromatic heterocycles. The summed E-state index contributed by atoms with van der Waals surface area (Å²) >= 11 is 0. The molecule has 5 aromatic rings. The van der Waals surface area contributed by atoms with E-state index in [1.54, 1.807) is 6.20 Å². The molecule has 2 aliphatic rings.